The molecule has 9 heteroatoms. The number of nitrogens with two attached hydrogens (primary N) is 1. The van der Waals surface area contributed by atoms with E-state index in [0.717, 1.165) is 5.56 Å². The smallest absolute Gasteiger partial charge is 0.267 e. The molecule has 1 fully saturated rings. The summed E-state index contributed by atoms with van der Waals surface area (Å²) in [5, 5.41) is 2.52. The van der Waals surface area contributed by atoms with Crippen molar-refractivity contribution >= 4 is 28.3 Å². The predicted molar refractivity (Wildman–Crippen MR) is 107 cm³/mol. The maximum absolute atomic E-state index is 13.1. The molecule has 27 heavy (non-hydrogen) atoms. The van der Waals surface area contributed by atoms with Crippen molar-refractivity contribution in [3.63, 3.8) is 0 Å². The van der Waals surface area contributed by atoms with Crippen LogP contribution in [0.3, 0.4) is 0 Å². The van der Waals surface area contributed by atoms with Gasteiger partial charge in [-0.25, -0.2) is 8.42 Å². The first-order valence-corrected chi connectivity index (χ1v) is 9.96. The summed E-state index contributed by atoms with van der Waals surface area (Å²) in [5.41, 5.74) is 7.32. The van der Waals surface area contributed by atoms with Crippen LogP contribution >= 0.6 is 12.4 Å². The highest BCUT2D eigenvalue weighted by Gasteiger charge is 2.39. The Hall–Kier alpha value is -1.87. The van der Waals surface area contributed by atoms with Gasteiger partial charge >= 0.3 is 0 Å². The topological polar surface area (TPSA) is 97.4 Å². The third-order valence-electron chi connectivity index (χ3n) is 5.02. The number of halogens is 1. The molecule has 2 atom stereocenters. The number of sulfonamides is 1. The SMILES string of the molecule is CNC(=O)c1cc(S(=O)(=O)N2C[C@@H](CN)[C@H](c3ccccc3)C2)cn1C.Cl. The van der Waals surface area contributed by atoms with Gasteiger partial charge < -0.3 is 15.6 Å². The van der Waals surface area contributed by atoms with E-state index in [1.165, 1.54) is 28.2 Å². The van der Waals surface area contributed by atoms with Gasteiger partial charge in [0.1, 0.15) is 10.6 Å². The zero-order valence-corrected chi connectivity index (χ0v) is 17.0. The number of rotatable bonds is 5. The van der Waals surface area contributed by atoms with Crippen molar-refractivity contribution in [2.45, 2.75) is 10.8 Å². The summed E-state index contributed by atoms with van der Waals surface area (Å²) in [6, 6.07) is 11.3. The fourth-order valence-corrected chi connectivity index (χ4v) is 5.12. The lowest BCUT2D eigenvalue weighted by molar-refractivity contribution is 0.0955. The van der Waals surface area contributed by atoms with Crippen LogP contribution in [-0.4, -0.2) is 49.9 Å². The third-order valence-corrected chi connectivity index (χ3v) is 6.81. The lowest BCUT2D eigenvalue weighted by Crippen LogP contribution is -2.29. The fraction of sp³-hybridized carbons (Fsp3) is 0.389. The minimum absolute atomic E-state index is 0. The fourth-order valence-electron chi connectivity index (χ4n) is 3.52. The third kappa shape index (κ3) is 4.03. The van der Waals surface area contributed by atoms with E-state index in [2.05, 4.69) is 5.32 Å². The quantitative estimate of drug-likeness (QED) is 0.770. The van der Waals surface area contributed by atoms with Gasteiger partial charge in [0.2, 0.25) is 10.0 Å². The van der Waals surface area contributed by atoms with Crippen molar-refractivity contribution in [1.29, 1.82) is 0 Å². The standard InChI is InChI=1S/C18H24N4O3S.ClH/c1-20-18(23)17-8-15(11-21(17)2)26(24,25)22-10-14(9-19)16(12-22)13-6-4-3-5-7-13;/h3-8,11,14,16H,9-10,12,19H2,1-2H3,(H,20,23);1H/t14-,16+;/m1./s1. The second-order valence-electron chi connectivity index (χ2n) is 6.59. The van der Waals surface area contributed by atoms with E-state index in [1.807, 2.05) is 30.3 Å². The zero-order valence-electron chi connectivity index (χ0n) is 15.3. The molecule has 7 nitrogen and oxygen atoms in total. The number of carbonyl (C=O) groups is 1. The Morgan fingerprint density at radius 2 is 1.93 bits per heavy atom. The van der Waals surface area contributed by atoms with Crippen LogP contribution in [0.2, 0.25) is 0 Å². The van der Waals surface area contributed by atoms with E-state index in [1.54, 1.807) is 7.05 Å². The first-order chi connectivity index (χ1) is 12.4. The number of nitrogens with zero attached hydrogens (tertiary/aromatic N) is 2. The van der Waals surface area contributed by atoms with Crippen LogP contribution in [0.15, 0.2) is 47.5 Å². The van der Waals surface area contributed by atoms with Gasteiger partial charge in [-0.05, 0) is 24.1 Å². The van der Waals surface area contributed by atoms with Crippen LogP contribution in [0.4, 0.5) is 0 Å². The van der Waals surface area contributed by atoms with Crippen LogP contribution in [0.5, 0.6) is 0 Å². The molecular weight excluding hydrogens is 388 g/mol. The largest absolute Gasteiger partial charge is 0.354 e. The van der Waals surface area contributed by atoms with Crippen molar-refractivity contribution in [1.82, 2.24) is 14.2 Å². The molecule has 0 saturated carbocycles. The lowest BCUT2D eigenvalue weighted by Gasteiger charge is -2.16. The van der Waals surface area contributed by atoms with E-state index in [-0.39, 0.29) is 35.0 Å². The average Bonchev–Trinajstić information content (AvgIpc) is 3.26. The molecule has 0 aliphatic carbocycles. The van der Waals surface area contributed by atoms with E-state index in [0.29, 0.717) is 25.3 Å². The maximum Gasteiger partial charge on any atom is 0.267 e. The molecule has 1 amide bonds. The molecule has 3 rings (SSSR count). The van der Waals surface area contributed by atoms with Gasteiger partial charge in [0.25, 0.3) is 5.91 Å². The molecule has 1 saturated heterocycles. The zero-order chi connectivity index (χ0) is 18.9. The number of nitrogens with one attached hydrogen (secondary N) is 1. The van der Waals surface area contributed by atoms with Gasteiger partial charge in [0.15, 0.2) is 0 Å². The lowest BCUT2D eigenvalue weighted by atomic mass is 9.89. The van der Waals surface area contributed by atoms with Crippen LogP contribution in [0.1, 0.15) is 22.0 Å². The Bertz CT molecular complexity index is 899. The van der Waals surface area contributed by atoms with Crippen LogP contribution in [-0.2, 0) is 17.1 Å². The Balaban J connectivity index is 0.00000261. The summed E-state index contributed by atoms with van der Waals surface area (Å²) >= 11 is 0. The molecule has 1 aromatic carbocycles. The Morgan fingerprint density at radius 3 is 2.52 bits per heavy atom. The minimum atomic E-state index is -3.69. The normalized spacial score (nSPS) is 20.3. The highest BCUT2D eigenvalue weighted by molar-refractivity contribution is 7.89. The monoisotopic (exact) mass is 412 g/mol. The number of hydrogen-bond donors (Lipinski definition) is 2. The van der Waals surface area contributed by atoms with E-state index in [4.69, 9.17) is 5.73 Å². The number of aromatic nitrogens is 1. The molecule has 1 aliphatic heterocycles. The van der Waals surface area contributed by atoms with Gasteiger partial charge in [-0.15, -0.1) is 12.4 Å². The molecular formula is C18H25ClN4O3S. The van der Waals surface area contributed by atoms with E-state index < -0.39 is 10.0 Å². The predicted octanol–water partition coefficient (Wildman–Crippen LogP) is 1.17. The highest BCUT2D eigenvalue weighted by Crippen LogP contribution is 2.35. The number of amides is 1. The summed E-state index contributed by atoms with van der Waals surface area (Å²) in [7, 11) is -0.519. The Kier molecular flexibility index (Phi) is 6.69. The molecule has 0 spiro atoms. The van der Waals surface area contributed by atoms with Crippen LogP contribution < -0.4 is 11.1 Å². The average molecular weight is 413 g/mol. The van der Waals surface area contributed by atoms with Crippen molar-refractivity contribution < 1.29 is 13.2 Å². The van der Waals surface area contributed by atoms with Crippen molar-refractivity contribution in [3.05, 3.63) is 53.9 Å². The van der Waals surface area contributed by atoms with E-state index >= 15 is 0 Å². The molecule has 2 heterocycles. The van der Waals surface area contributed by atoms with E-state index in [9.17, 15) is 13.2 Å². The summed E-state index contributed by atoms with van der Waals surface area (Å²) in [4.78, 5) is 12.0. The molecule has 0 bridgehead atoms. The van der Waals surface area contributed by atoms with Crippen LogP contribution in [0.25, 0.3) is 0 Å². The Labute approximate surface area is 166 Å². The minimum Gasteiger partial charge on any atom is -0.354 e. The first kappa shape index (κ1) is 21.4. The second kappa shape index (κ2) is 8.43. The number of hydrogen-bond acceptors (Lipinski definition) is 4. The van der Waals surface area contributed by atoms with Gasteiger partial charge in [0.05, 0.1) is 0 Å². The summed E-state index contributed by atoms with van der Waals surface area (Å²) < 4.78 is 29.2. The van der Waals surface area contributed by atoms with Crippen molar-refractivity contribution in [2.75, 3.05) is 26.7 Å². The Morgan fingerprint density at radius 1 is 1.26 bits per heavy atom. The number of carbonyl (C=O) groups excluding carboxylic acids is 1. The van der Waals surface area contributed by atoms with Gasteiger partial charge in [-0.3, -0.25) is 4.79 Å². The first-order valence-electron chi connectivity index (χ1n) is 8.52. The second-order valence-corrected chi connectivity index (χ2v) is 8.52. The molecule has 0 radical (unpaired) electrons. The molecule has 1 aliphatic rings. The molecule has 1 aromatic heterocycles. The maximum atomic E-state index is 13.1. The summed E-state index contributed by atoms with van der Waals surface area (Å²) in [6.07, 6.45) is 1.48. The highest BCUT2D eigenvalue weighted by atomic mass is 35.5. The van der Waals surface area contributed by atoms with Crippen molar-refractivity contribution in [3.8, 4) is 0 Å². The summed E-state index contributed by atoms with van der Waals surface area (Å²) in [5.74, 6) is -0.190. The van der Waals surface area contributed by atoms with Crippen molar-refractivity contribution in [2.24, 2.45) is 18.7 Å². The number of benzene rings is 1. The van der Waals surface area contributed by atoms with Gasteiger partial charge in [-0.1, -0.05) is 30.3 Å². The van der Waals surface area contributed by atoms with Crippen LogP contribution in [0, 0.1) is 5.92 Å². The van der Waals surface area contributed by atoms with Gasteiger partial charge in [-0.2, -0.15) is 4.31 Å². The molecule has 2 aromatic rings. The number of aryl methyl sites for hydroxylation is 1. The summed E-state index contributed by atoms with van der Waals surface area (Å²) in [6.45, 7) is 1.19. The molecule has 148 valence electrons. The molecule has 0 unspecified atom stereocenters. The van der Waals surface area contributed by atoms with Gasteiger partial charge in [0, 0.05) is 39.3 Å². The molecule has 3 N–H and O–H groups in total.